The molecule has 2 unspecified atom stereocenters. The number of hydrogen-bond donors (Lipinski definition) is 1. The molecule has 2 aromatic rings. The predicted octanol–water partition coefficient (Wildman–Crippen LogP) is 0.696. The van der Waals surface area contributed by atoms with E-state index in [2.05, 4.69) is 15.4 Å². The highest BCUT2D eigenvalue weighted by Crippen LogP contribution is 2.22. The van der Waals surface area contributed by atoms with Crippen LogP contribution >= 0.6 is 0 Å². The lowest BCUT2D eigenvalue weighted by Crippen LogP contribution is -2.39. The summed E-state index contributed by atoms with van der Waals surface area (Å²) < 4.78 is 1.70. The molecule has 0 spiro atoms. The SMILES string of the molecule is O=C(c1cnn2ccncc12)N1CCC2CCC(C1)N2. The van der Waals surface area contributed by atoms with Crippen molar-refractivity contribution in [3.8, 4) is 0 Å². The van der Waals surface area contributed by atoms with Gasteiger partial charge in [0.1, 0.15) is 0 Å². The lowest BCUT2D eigenvalue weighted by molar-refractivity contribution is 0.0750. The Labute approximate surface area is 116 Å². The van der Waals surface area contributed by atoms with Gasteiger partial charge < -0.3 is 10.2 Å². The standard InChI is InChI=1S/C14H17N5O/c20-14(12-7-16-19-6-4-15-8-13(12)19)18-5-3-10-1-2-11(9-18)17-10/h4,6-8,10-11,17H,1-3,5,9H2. The maximum Gasteiger partial charge on any atom is 0.257 e. The molecular formula is C14H17N5O. The molecule has 0 aliphatic carbocycles. The van der Waals surface area contributed by atoms with Crippen LogP contribution in [-0.4, -0.2) is 50.6 Å². The molecule has 1 N–H and O–H groups in total. The lowest BCUT2D eigenvalue weighted by atomic mass is 10.1. The van der Waals surface area contributed by atoms with Gasteiger partial charge in [-0.3, -0.25) is 9.78 Å². The van der Waals surface area contributed by atoms with Gasteiger partial charge in [-0.05, 0) is 19.3 Å². The molecule has 4 heterocycles. The second-order valence-electron chi connectivity index (χ2n) is 5.64. The number of likely N-dealkylation sites (tertiary alicyclic amines) is 1. The molecule has 0 radical (unpaired) electrons. The van der Waals surface area contributed by atoms with Crippen molar-refractivity contribution in [3.63, 3.8) is 0 Å². The van der Waals surface area contributed by atoms with Crippen molar-refractivity contribution in [2.24, 2.45) is 0 Å². The van der Waals surface area contributed by atoms with Crippen molar-refractivity contribution >= 4 is 11.4 Å². The number of fused-ring (bicyclic) bond motifs is 3. The zero-order valence-electron chi connectivity index (χ0n) is 11.2. The van der Waals surface area contributed by atoms with Crippen LogP contribution in [0.3, 0.4) is 0 Å². The zero-order chi connectivity index (χ0) is 13.5. The molecule has 2 atom stereocenters. The van der Waals surface area contributed by atoms with Crippen molar-refractivity contribution in [1.29, 1.82) is 0 Å². The Hall–Kier alpha value is -1.95. The first-order valence-electron chi connectivity index (χ1n) is 7.14. The number of nitrogens with zero attached hydrogens (tertiary/aromatic N) is 4. The molecule has 2 saturated heterocycles. The third-order valence-electron chi connectivity index (χ3n) is 4.37. The highest BCUT2D eigenvalue weighted by atomic mass is 16.2. The largest absolute Gasteiger partial charge is 0.337 e. The fourth-order valence-electron chi connectivity index (χ4n) is 3.30. The number of carbonyl (C=O) groups excluding carboxylic acids is 1. The van der Waals surface area contributed by atoms with E-state index >= 15 is 0 Å². The molecule has 2 aliphatic heterocycles. The highest BCUT2D eigenvalue weighted by molar-refractivity contribution is 6.00. The van der Waals surface area contributed by atoms with Gasteiger partial charge in [-0.1, -0.05) is 0 Å². The zero-order valence-corrected chi connectivity index (χ0v) is 11.2. The molecule has 6 heteroatoms. The maximum absolute atomic E-state index is 12.7. The Morgan fingerprint density at radius 3 is 3.10 bits per heavy atom. The van der Waals surface area contributed by atoms with E-state index in [0.29, 0.717) is 17.6 Å². The molecular weight excluding hydrogens is 254 g/mol. The van der Waals surface area contributed by atoms with E-state index in [0.717, 1.165) is 25.0 Å². The Kier molecular flexibility index (Phi) is 2.70. The van der Waals surface area contributed by atoms with E-state index in [9.17, 15) is 4.79 Å². The second kappa shape index (κ2) is 4.56. The van der Waals surface area contributed by atoms with E-state index < -0.39 is 0 Å². The minimum absolute atomic E-state index is 0.0716. The van der Waals surface area contributed by atoms with Crippen LogP contribution in [0.5, 0.6) is 0 Å². The van der Waals surface area contributed by atoms with Crippen molar-refractivity contribution < 1.29 is 4.79 Å². The smallest absolute Gasteiger partial charge is 0.257 e. The van der Waals surface area contributed by atoms with E-state index in [1.54, 1.807) is 29.3 Å². The van der Waals surface area contributed by atoms with Crippen molar-refractivity contribution in [1.82, 2.24) is 24.8 Å². The average Bonchev–Trinajstić information content (AvgIpc) is 3.01. The quantitative estimate of drug-likeness (QED) is 0.829. The highest BCUT2D eigenvalue weighted by Gasteiger charge is 2.32. The molecule has 0 saturated carbocycles. The van der Waals surface area contributed by atoms with Gasteiger partial charge in [0, 0.05) is 37.6 Å². The average molecular weight is 271 g/mol. The fourth-order valence-corrected chi connectivity index (χ4v) is 3.30. The van der Waals surface area contributed by atoms with Gasteiger partial charge in [0.25, 0.3) is 5.91 Å². The van der Waals surface area contributed by atoms with Gasteiger partial charge in [-0.15, -0.1) is 0 Å². The summed E-state index contributed by atoms with van der Waals surface area (Å²) >= 11 is 0. The Morgan fingerprint density at radius 1 is 1.25 bits per heavy atom. The second-order valence-corrected chi connectivity index (χ2v) is 5.64. The first kappa shape index (κ1) is 11.8. The predicted molar refractivity (Wildman–Crippen MR) is 73.5 cm³/mol. The van der Waals surface area contributed by atoms with Crippen molar-refractivity contribution in [2.45, 2.75) is 31.3 Å². The van der Waals surface area contributed by atoms with Gasteiger partial charge in [-0.25, -0.2) is 4.52 Å². The first-order chi connectivity index (χ1) is 9.81. The normalized spacial score (nSPS) is 25.9. The Balaban J connectivity index is 1.63. The molecule has 20 heavy (non-hydrogen) atoms. The van der Waals surface area contributed by atoms with Crippen LogP contribution in [0.15, 0.2) is 24.8 Å². The van der Waals surface area contributed by atoms with Gasteiger partial charge in [-0.2, -0.15) is 5.10 Å². The van der Waals surface area contributed by atoms with Gasteiger partial charge in [0.05, 0.1) is 23.5 Å². The molecule has 1 amide bonds. The number of rotatable bonds is 1. The summed E-state index contributed by atoms with van der Waals surface area (Å²) in [6.07, 6.45) is 10.2. The van der Waals surface area contributed by atoms with Gasteiger partial charge in [0.2, 0.25) is 0 Å². The third kappa shape index (κ3) is 1.87. The molecule has 104 valence electrons. The van der Waals surface area contributed by atoms with Crippen LogP contribution in [-0.2, 0) is 0 Å². The first-order valence-corrected chi connectivity index (χ1v) is 7.14. The van der Waals surface area contributed by atoms with E-state index in [1.807, 2.05) is 4.90 Å². The third-order valence-corrected chi connectivity index (χ3v) is 4.37. The molecule has 4 rings (SSSR count). The molecule has 6 nitrogen and oxygen atoms in total. The monoisotopic (exact) mass is 271 g/mol. The van der Waals surface area contributed by atoms with Crippen LogP contribution in [0.1, 0.15) is 29.6 Å². The molecule has 2 aliphatic rings. The maximum atomic E-state index is 12.7. The number of hydrogen-bond acceptors (Lipinski definition) is 4. The van der Waals surface area contributed by atoms with Gasteiger partial charge in [0.15, 0.2) is 0 Å². The minimum atomic E-state index is 0.0716. The van der Waals surface area contributed by atoms with E-state index in [4.69, 9.17) is 0 Å². The van der Waals surface area contributed by atoms with Crippen LogP contribution in [0.4, 0.5) is 0 Å². The Morgan fingerprint density at radius 2 is 2.15 bits per heavy atom. The van der Waals surface area contributed by atoms with Crippen LogP contribution < -0.4 is 5.32 Å². The molecule has 2 aromatic heterocycles. The summed E-state index contributed by atoms with van der Waals surface area (Å²) in [4.78, 5) is 18.8. The summed E-state index contributed by atoms with van der Waals surface area (Å²) in [6, 6.07) is 1.04. The van der Waals surface area contributed by atoms with Crippen molar-refractivity contribution in [2.75, 3.05) is 13.1 Å². The van der Waals surface area contributed by atoms with Gasteiger partial charge >= 0.3 is 0 Å². The summed E-state index contributed by atoms with van der Waals surface area (Å²) in [5, 5.41) is 7.81. The molecule has 0 aromatic carbocycles. The number of aromatic nitrogens is 3. The summed E-state index contributed by atoms with van der Waals surface area (Å²) in [5.74, 6) is 0.0716. The number of nitrogens with one attached hydrogen (secondary N) is 1. The lowest BCUT2D eigenvalue weighted by Gasteiger charge is -2.23. The van der Waals surface area contributed by atoms with Crippen LogP contribution in [0.2, 0.25) is 0 Å². The number of carbonyl (C=O) groups is 1. The molecule has 2 fully saturated rings. The van der Waals surface area contributed by atoms with Crippen LogP contribution in [0, 0.1) is 0 Å². The van der Waals surface area contributed by atoms with Crippen molar-refractivity contribution in [3.05, 3.63) is 30.4 Å². The van der Waals surface area contributed by atoms with E-state index in [1.165, 1.54) is 12.8 Å². The molecule has 2 bridgehead atoms. The summed E-state index contributed by atoms with van der Waals surface area (Å²) in [7, 11) is 0. The summed E-state index contributed by atoms with van der Waals surface area (Å²) in [5.41, 5.74) is 1.43. The van der Waals surface area contributed by atoms with Crippen LogP contribution in [0.25, 0.3) is 5.52 Å². The number of amides is 1. The fraction of sp³-hybridized carbons (Fsp3) is 0.500. The Bertz CT molecular complexity index is 652. The van der Waals surface area contributed by atoms with E-state index in [-0.39, 0.29) is 5.91 Å². The topological polar surface area (TPSA) is 62.5 Å². The summed E-state index contributed by atoms with van der Waals surface area (Å²) in [6.45, 7) is 1.62. The minimum Gasteiger partial charge on any atom is -0.337 e.